The maximum atomic E-state index is 13.8. The summed E-state index contributed by atoms with van der Waals surface area (Å²) in [5.74, 6) is 0.592. The van der Waals surface area contributed by atoms with Crippen LogP contribution in [-0.4, -0.2) is 77.6 Å². The monoisotopic (exact) mass is 549 g/mol. The van der Waals surface area contributed by atoms with Crippen LogP contribution in [0.1, 0.15) is 45.1 Å². The number of anilines is 1. The van der Waals surface area contributed by atoms with E-state index in [1.165, 1.54) is 6.33 Å². The highest BCUT2D eigenvalue weighted by Crippen LogP contribution is 2.36. The Morgan fingerprint density at radius 3 is 2.59 bits per heavy atom. The molecule has 1 saturated carbocycles. The van der Waals surface area contributed by atoms with Gasteiger partial charge in [0.25, 0.3) is 0 Å². The Labute approximate surface area is 231 Å². The number of carbonyl (C=O) groups is 1. The number of hydrogen-bond donors (Lipinski definition) is 1. The summed E-state index contributed by atoms with van der Waals surface area (Å²) in [5.41, 5.74) is 1.93. The molecule has 0 bridgehead atoms. The largest absolute Gasteiger partial charge is 0.358 e. The van der Waals surface area contributed by atoms with E-state index >= 15 is 0 Å². The lowest BCUT2D eigenvalue weighted by molar-refractivity contribution is -0.132. The Morgan fingerprint density at radius 2 is 1.85 bits per heavy atom. The van der Waals surface area contributed by atoms with Crippen molar-refractivity contribution in [3.05, 3.63) is 60.4 Å². The number of likely N-dealkylation sites (tertiary alicyclic amines) is 1. The van der Waals surface area contributed by atoms with Gasteiger partial charge in [0.1, 0.15) is 18.2 Å². The summed E-state index contributed by atoms with van der Waals surface area (Å²) in [7, 11) is -1.37. The van der Waals surface area contributed by atoms with Gasteiger partial charge in [0.2, 0.25) is 5.91 Å². The van der Waals surface area contributed by atoms with Gasteiger partial charge in [-0.05, 0) is 83.7 Å². The number of aryl methyl sites for hydroxylation is 1. The van der Waals surface area contributed by atoms with E-state index in [0.717, 1.165) is 35.7 Å². The van der Waals surface area contributed by atoms with Gasteiger partial charge in [-0.2, -0.15) is 0 Å². The third-order valence-corrected chi connectivity index (χ3v) is 10.4. The molecule has 2 aromatic carbocycles. The summed E-state index contributed by atoms with van der Waals surface area (Å²) >= 11 is 0. The van der Waals surface area contributed by atoms with Crippen molar-refractivity contribution in [3.8, 4) is 0 Å². The average molecular weight is 550 g/mol. The van der Waals surface area contributed by atoms with Gasteiger partial charge in [-0.3, -0.25) is 4.79 Å². The minimum atomic E-state index is -3.49. The van der Waals surface area contributed by atoms with E-state index in [2.05, 4.69) is 41.1 Å². The Morgan fingerprint density at radius 1 is 1.08 bits per heavy atom. The minimum Gasteiger partial charge on any atom is -0.358 e. The molecule has 0 spiro atoms. The molecule has 208 valence electrons. The van der Waals surface area contributed by atoms with Crippen molar-refractivity contribution in [1.82, 2.24) is 19.8 Å². The van der Waals surface area contributed by atoms with Crippen LogP contribution in [0.15, 0.2) is 59.8 Å². The third kappa shape index (κ3) is 5.79. The molecule has 1 N–H and O–H groups in total. The molecule has 0 unspecified atom stereocenters. The molecule has 1 aliphatic heterocycles. The van der Waals surface area contributed by atoms with E-state index in [-0.39, 0.29) is 23.6 Å². The molecule has 9 heteroatoms. The molecule has 0 radical (unpaired) electrons. The van der Waals surface area contributed by atoms with Crippen LogP contribution in [0.3, 0.4) is 0 Å². The molecular weight excluding hydrogens is 510 g/mol. The number of aromatic nitrogens is 2. The molecule has 1 aromatic heterocycles. The van der Waals surface area contributed by atoms with Gasteiger partial charge in [-0.25, -0.2) is 18.4 Å². The topological polar surface area (TPSA) is 95.5 Å². The number of nitrogens with zero attached hydrogens (tertiary/aromatic N) is 4. The van der Waals surface area contributed by atoms with Crippen molar-refractivity contribution in [2.75, 3.05) is 24.7 Å². The highest BCUT2D eigenvalue weighted by molar-refractivity contribution is 7.91. The number of sulfone groups is 1. The Kier molecular flexibility index (Phi) is 7.91. The fraction of sp³-hybridized carbons (Fsp3) is 0.500. The summed E-state index contributed by atoms with van der Waals surface area (Å²) < 4.78 is 26.9. The molecule has 2 heterocycles. The quantitative estimate of drug-likeness (QED) is 0.448. The summed E-state index contributed by atoms with van der Waals surface area (Å²) in [4.78, 5) is 27.2. The van der Waals surface area contributed by atoms with Crippen molar-refractivity contribution in [2.45, 2.75) is 75.5 Å². The van der Waals surface area contributed by atoms with Crippen LogP contribution in [-0.2, 0) is 14.6 Å². The first-order valence-corrected chi connectivity index (χ1v) is 15.6. The molecule has 3 aromatic rings. The van der Waals surface area contributed by atoms with Crippen molar-refractivity contribution >= 4 is 32.5 Å². The standard InChI is InChI=1S/C30H39N5O3S/c1-20(2)34(4)23-11-13-28(22(17-23)18-39(37,38)24-8-6-5-7-9-24)35-15-14-27(30(35)36)33-29-25-16-21(3)10-12-26(25)31-19-32-29/h5-10,12,16,19-20,22-23,27-28H,11,13-15,17-18H2,1-4H3,(H,31,32,33)/t22-,23+,27-,28-/m0/s1. The maximum absolute atomic E-state index is 13.8. The van der Waals surface area contributed by atoms with Gasteiger partial charge in [0.05, 0.1) is 16.2 Å². The van der Waals surface area contributed by atoms with Gasteiger partial charge >= 0.3 is 0 Å². The number of rotatable bonds is 8. The predicted molar refractivity (Wildman–Crippen MR) is 154 cm³/mol. The van der Waals surface area contributed by atoms with Crippen molar-refractivity contribution in [2.24, 2.45) is 5.92 Å². The summed E-state index contributed by atoms with van der Waals surface area (Å²) in [6.07, 6.45) is 4.67. The summed E-state index contributed by atoms with van der Waals surface area (Å²) in [5, 5.41) is 4.29. The number of carbonyl (C=O) groups excluding carboxylic acids is 1. The van der Waals surface area contributed by atoms with Gasteiger partial charge in [-0.1, -0.05) is 29.8 Å². The molecule has 1 aliphatic carbocycles. The normalized spacial score (nSPS) is 24.2. The number of amides is 1. The van der Waals surface area contributed by atoms with E-state index in [4.69, 9.17) is 0 Å². The van der Waals surface area contributed by atoms with Gasteiger partial charge in [0, 0.05) is 30.1 Å². The first-order chi connectivity index (χ1) is 18.6. The molecule has 4 atom stereocenters. The number of fused-ring (bicyclic) bond motifs is 1. The molecule has 1 amide bonds. The zero-order valence-electron chi connectivity index (χ0n) is 23.2. The van der Waals surface area contributed by atoms with Gasteiger partial charge in [0.15, 0.2) is 9.84 Å². The lowest BCUT2D eigenvalue weighted by Crippen LogP contribution is -2.52. The van der Waals surface area contributed by atoms with Crippen LogP contribution in [0.5, 0.6) is 0 Å². The molecule has 8 nitrogen and oxygen atoms in total. The van der Waals surface area contributed by atoms with Crippen molar-refractivity contribution in [1.29, 1.82) is 0 Å². The highest BCUT2D eigenvalue weighted by atomic mass is 32.2. The zero-order chi connectivity index (χ0) is 27.7. The highest BCUT2D eigenvalue weighted by Gasteiger charge is 2.44. The molecular formula is C30H39N5O3S. The Bertz CT molecular complexity index is 1430. The van der Waals surface area contributed by atoms with E-state index in [0.29, 0.717) is 35.8 Å². The third-order valence-electron chi connectivity index (χ3n) is 8.58. The van der Waals surface area contributed by atoms with Crippen molar-refractivity contribution in [3.63, 3.8) is 0 Å². The average Bonchev–Trinajstić information content (AvgIpc) is 3.28. The maximum Gasteiger partial charge on any atom is 0.245 e. The number of hydrogen-bond acceptors (Lipinski definition) is 7. The first kappa shape index (κ1) is 27.5. The predicted octanol–water partition coefficient (Wildman–Crippen LogP) is 4.30. The van der Waals surface area contributed by atoms with Crippen LogP contribution in [0.25, 0.3) is 10.9 Å². The van der Waals surface area contributed by atoms with Crippen LogP contribution in [0.2, 0.25) is 0 Å². The lowest BCUT2D eigenvalue weighted by atomic mass is 9.81. The van der Waals surface area contributed by atoms with E-state index < -0.39 is 15.9 Å². The fourth-order valence-corrected chi connectivity index (χ4v) is 7.91. The molecule has 2 fully saturated rings. The van der Waals surface area contributed by atoms with Gasteiger partial charge < -0.3 is 15.1 Å². The molecule has 5 rings (SSSR count). The zero-order valence-corrected chi connectivity index (χ0v) is 24.1. The SMILES string of the molecule is Cc1ccc2ncnc(N[C@H]3CCN([C@H]4CC[C@@H](N(C)C(C)C)C[C@H]4CS(=O)(=O)c4ccccc4)C3=O)c2c1. The van der Waals surface area contributed by atoms with Crippen molar-refractivity contribution < 1.29 is 13.2 Å². The summed E-state index contributed by atoms with van der Waals surface area (Å²) in [6, 6.07) is 14.8. The minimum absolute atomic E-state index is 0.0252. The second-order valence-corrected chi connectivity index (χ2v) is 13.4. The molecule has 2 aliphatic rings. The van der Waals surface area contributed by atoms with E-state index in [1.807, 2.05) is 36.1 Å². The van der Waals surface area contributed by atoms with Crippen LogP contribution >= 0.6 is 0 Å². The number of benzene rings is 2. The Hall–Kier alpha value is -3.04. The molecule has 1 saturated heterocycles. The smallest absolute Gasteiger partial charge is 0.245 e. The summed E-state index contributed by atoms with van der Waals surface area (Å²) in [6.45, 7) is 6.96. The van der Waals surface area contributed by atoms with E-state index in [1.54, 1.807) is 24.3 Å². The van der Waals surface area contributed by atoms with E-state index in [9.17, 15) is 13.2 Å². The van der Waals surface area contributed by atoms with Crippen LogP contribution < -0.4 is 5.32 Å². The number of nitrogens with one attached hydrogen (secondary N) is 1. The van der Waals surface area contributed by atoms with Gasteiger partial charge in [-0.15, -0.1) is 0 Å². The van der Waals surface area contributed by atoms with Crippen LogP contribution in [0.4, 0.5) is 5.82 Å². The first-order valence-electron chi connectivity index (χ1n) is 13.9. The second kappa shape index (κ2) is 11.2. The van der Waals surface area contributed by atoms with Crippen LogP contribution in [0, 0.1) is 12.8 Å². The lowest BCUT2D eigenvalue weighted by Gasteiger charge is -2.44. The Balaban J connectivity index is 1.37. The fourth-order valence-electron chi connectivity index (χ4n) is 6.23. The second-order valence-electron chi connectivity index (χ2n) is 11.4. The molecule has 39 heavy (non-hydrogen) atoms.